The molecule has 0 amide bonds. The normalized spacial score (nSPS) is 13.2. The van der Waals surface area contributed by atoms with E-state index in [1.807, 2.05) is 66.7 Å². The summed E-state index contributed by atoms with van der Waals surface area (Å²) in [6.07, 6.45) is 0. The van der Waals surface area contributed by atoms with Gasteiger partial charge in [-0.25, -0.2) is 0 Å². The zero-order valence-electron chi connectivity index (χ0n) is 34.9. The molecule has 260 valence electrons. The van der Waals surface area contributed by atoms with Crippen molar-refractivity contribution in [1.29, 1.82) is 0 Å². The van der Waals surface area contributed by atoms with Gasteiger partial charge in [0.15, 0.2) is 0 Å². The van der Waals surface area contributed by atoms with Gasteiger partial charge < -0.3 is 8.83 Å². The standard InChI is InChI=1S/C54H32O2/c1-2-15-33(16-3-1)50-38-20-6-8-22-40(38)52(41-23-9-7-21-39(41)50)46-32-35(31-34-17-4-5-18-36(34)46)51-42(29-30-49-53(51)45-24-11-13-28-48(45)55-49)44-26-14-25-43-37-19-10-12-27-47(37)56-54(43)44/h1-32H/i1D,2D,3D,15D,16D. The van der Waals surface area contributed by atoms with E-state index in [-0.39, 0.29) is 29.7 Å². The van der Waals surface area contributed by atoms with Crippen LogP contribution in [0.15, 0.2) is 203 Å². The third kappa shape index (κ3) is 4.50. The predicted octanol–water partition coefficient (Wildman–Crippen LogP) is 15.6. The monoisotopic (exact) mass is 717 g/mol. The van der Waals surface area contributed by atoms with E-state index in [0.717, 1.165) is 110 Å². The van der Waals surface area contributed by atoms with Gasteiger partial charge in [0.2, 0.25) is 0 Å². The van der Waals surface area contributed by atoms with Gasteiger partial charge in [0.25, 0.3) is 0 Å². The number of hydrogen-bond donors (Lipinski definition) is 0. The summed E-state index contributed by atoms with van der Waals surface area (Å²) < 4.78 is 56.9. The fourth-order valence-corrected chi connectivity index (χ4v) is 9.02. The molecule has 0 spiro atoms. The molecule has 0 saturated heterocycles. The van der Waals surface area contributed by atoms with Crippen molar-refractivity contribution < 1.29 is 15.7 Å². The highest BCUT2D eigenvalue weighted by atomic mass is 16.3. The van der Waals surface area contributed by atoms with Crippen LogP contribution in [0.5, 0.6) is 0 Å². The highest BCUT2D eigenvalue weighted by Gasteiger charge is 2.24. The minimum Gasteiger partial charge on any atom is -0.456 e. The van der Waals surface area contributed by atoms with Crippen molar-refractivity contribution in [2.75, 3.05) is 0 Å². The lowest BCUT2D eigenvalue weighted by Crippen LogP contribution is -1.93. The minimum atomic E-state index is -0.413. The largest absolute Gasteiger partial charge is 0.456 e. The van der Waals surface area contributed by atoms with Gasteiger partial charge in [-0.2, -0.15) is 0 Å². The Bertz CT molecular complexity index is 3750. The van der Waals surface area contributed by atoms with Crippen LogP contribution in [0.1, 0.15) is 6.85 Å². The van der Waals surface area contributed by atoms with E-state index in [0.29, 0.717) is 5.56 Å². The summed E-state index contributed by atoms with van der Waals surface area (Å²) in [7, 11) is 0. The maximum absolute atomic E-state index is 9.07. The smallest absolute Gasteiger partial charge is 0.143 e. The van der Waals surface area contributed by atoms with E-state index >= 15 is 0 Å². The van der Waals surface area contributed by atoms with Gasteiger partial charge in [-0.15, -0.1) is 0 Å². The lowest BCUT2D eigenvalue weighted by molar-refractivity contribution is 0.668. The van der Waals surface area contributed by atoms with Crippen molar-refractivity contribution in [2.24, 2.45) is 0 Å². The molecule has 2 nitrogen and oxygen atoms in total. The van der Waals surface area contributed by atoms with Crippen LogP contribution in [0.25, 0.3) is 121 Å². The molecule has 0 unspecified atom stereocenters. The predicted molar refractivity (Wildman–Crippen MR) is 235 cm³/mol. The molecule has 0 saturated carbocycles. The average Bonchev–Trinajstić information content (AvgIpc) is 3.88. The second-order valence-corrected chi connectivity index (χ2v) is 14.3. The van der Waals surface area contributed by atoms with Gasteiger partial charge in [-0.05, 0) is 102 Å². The van der Waals surface area contributed by atoms with E-state index in [9.17, 15) is 0 Å². The third-order valence-electron chi connectivity index (χ3n) is 11.3. The van der Waals surface area contributed by atoms with Crippen molar-refractivity contribution >= 4 is 76.2 Å². The first kappa shape index (κ1) is 26.4. The molecule has 0 N–H and O–H groups in total. The molecule has 10 aromatic carbocycles. The Morgan fingerprint density at radius 1 is 0.339 bits per heavy atom. The van der Waals surface area contributed by atoms with Crippen LogP contribution in [0.4, 0.5) is 0 Å². The number of hydrogen-bond acceptors (Lipinski definition) is 2. The summed E-state index contributed by atoms with van der Waals surface area (Å²) in [6, 6.07) is 54.4. The van der Waals surface area contributed by atoms with E-state index in [1.165, 1.54) is 0 Å². The van der Waals surface area contributed by atoms with E-state index in [2.05, 4.69) is 97.1 Å². The second kappa shape index (κ2) is 12.0. The van der Waals surface area contributed by atoms with Crippen LogP contribution < -0.4 is 0 Å². The van der Waals surface area contributed by atoms with Gasteiger partial charge in [0.1, 0.15) is 22.3 Å². The number of para-hydroxylation sites is 3. The van der Waals surface area contributed by atoms with Gasteiger partial charge in [0.05, 0.1) is 6.85 Å². The molecule has 0 fully saturated rings. The quantitative estimate of drug-likeness (QED) is 0.169. The zero-order valence-corrected chi connectivity index (χ0v) is 29.9. The minimum absolute atomic E-state index is 0.187. The molecule has 2 heteroatoms. The molecule has 0 aliphatic heterocycles. The molecule has 0 bridgehead atoms. The SMILES string of the molecule is [2H]c1c([2H])c([2H])c(-c2c3ccccc3c(-c3cc(-c4c(-c5cccc6c5oc5ccccc56)ccc5oc6ccccc6c45)cc4ccccc34)c3ccccc23)c([2H])c1[2H]. The third-order valence-corrected chi connectivity index (χ3v) is 11.3. The Hall–Kier alpha value is -7.42. The second-order valence-electron chi connectivity index (χ2n) is 14.3. The van der Waals surface area contributed by atoms with Crippen molar-refractivity contribution in [2.45, 2.75) is 0 Å². The van der Waals surface area contributed by atoms with E-state index in [1.54, 1.807) is 0 Å². The highest BCUT2D eigenvalue weighted by Crippen LogP contribution is 2.50. The lowest BCUT2D eigenvalue weighted by Gasteiger charge is -2.20. The van der Waals surface area contributed by atoms with Gasteiger partial charge in [-0.3, -0.25) is 0 Å². The summed E-state index contributed by atoms with van der Waals surface area (Å²) in [5.41, 5.74) is 10.0. The summed E-state index contributed by atoms with van der Waals surface area (Å²) >= 11 is 0. The maximum Gasteiger partial charge on any atom is 0.143 e. The molecule has 0 radical (unpaired) electrons. The molecular formula is C54H32O2. The van der Waals surface area contributed by atoms with Crippen molar-refractivity contribution in [3.05, 3.63) is 194 Å². The van der Waals surface area contributed by atoms with E-state index < -0.39 is 6.04 Å². The Morgan fingerprint density at radius 3 is 1.66 bits per heavy atom. The number of benzene rings is 10. The van der Waals surface area contributed by atoms with Crippen molar-refractivity contribution in [3.63, 3.8) is 0 Å². The van der Waals surface area contributed by atoms with Crippen LogP contribution in [-0.2, 0) is 0 Å². The molecule has 2 heterocycles. The van der Waals surface area contributed by atoms with Crippen LogP contribution in [0.3, 0.4) is 0 Å². The summed E-state index contributed by atoms with van der Waals surface area (Å²) in [6.45, 7) is 0. The van der Waals surface area contributed by atoms with Crippen LogP contribution >= 0.6 is 0 Å². The van der Waals surface area contributed by atoms with Gasteiger partial charge >= 0.3 is 0 Å². The number of fused-ring (bicyclic) bond motifs is 9. The summed E-state index contributed by atoms with van der Waals surface area (Å²) in [4.78, 5) is 0. The average molecular weight is 718 g/mol. The molecule has 0 aliphatic rings. The fourth-order valence-electron chi connectivity index (χ4n) is 9.02. The Kier molecular flexibility index (Phi) is 5.67. The first-order valence-corrected chi connectivity index (χ1v) is 18.8. The number of furan rings is 2. The molecule has 12 rings (SSSR count). The Balaban J connectivity index is 1.23. The molecule has 12 aromatic rings. The van der Waals surface area contributed by atoms with Gasteiger partial charge in [0, 0.05) is 32.7 Å². The topological polar surface area (TPSA) is 26.3 Å². The maximum atomic E-state index is 9.07. The summed E-state index contributed by atoms with van der Waals surface area (Å²) in [5.74, 6) is 0. The summed E-state index contributed by atoms with van der Waals surface area (Å²) in [5, 5.41) is 9.65. The molecular weight excluding hydrogens is 681 g/mol. The van der Waals surface area contributed by atoms with Crippen LogP contribution in [0, 0.1) is 0 Å². The fraction of sp³-hybridized carbons (Fsp3) is 0. The Morgan fingerprint density at radius 2 is 0.929 bits per heavy atom. The molecule has 0 aliphatic carbocycles. The highest BCUT2D eigenvalue weighted by molar-refractivity contribution is 6.25. The van der Waals surface area contributed by atoms with E-state index in [4.69, 9.17) is 15.7 Å². The van der Waals surface area contributed by atoms with Crippen LogP contribution in [-0.4, -0.2) is 0 Å². The van der Waals surface area contributed by atoms with Crippen LogP contribution in [0.2, 0.25) is 0 Å². The first-order valence-electron chi connectivity index (χ1n) is 21.3. The number of rotatable bonds is 4. The van der Waals surface area contributed by atoms with Crippen molar-refractivity contribution in [1.82, 2.24) is 0 Å². The Labute approximate surface area is 329 Å². The molecule has 0 atom stereocenters. The van der Waals surface area contributed by atoms with Crippen molar-refractivity contribution in [3.8, 4) is 44.5 Å². The zero-order chi connectivity index (χ0) is 41.1. The molecule has 56 heavy (non-hydrogen) atoms. The lowest BCUT2D eigenvalue weighted by atomic mass is 9.82. The molecule has 2 aromatic heterocycles. The van der Waals surface area contributed by atoms with Gasteiger partial charge in [-0.1, -0.05) is 158 Å². The first-order chi connectivity index (χ1) is 29.9.